The van der Waals surface area contributed by atoms with Gasteiger partial charge in [0.25, 0.3) is 0 Å². The molecule has 1 aliphatic rings. The molecule has 1 aromatic carbocycles. The summed E-state index contributed by atoms with van der Waals surface area (Å²) >= 11 is 7.86. The third kappa shape index (κ3) is 1.57. The van der Waals surface area contributed by atoms with Crippen LogP contribution in [0.1, 0.15) is 29.2 Å². The molecule has 0 aliphatic heterocycles. The molecule has 3 rings (SSSR count). The first-order valence-electron chi connectivity index (χ1n) is 5.20. The van der Waals surface area contributed by atoms with Crippen molar-refractivity contribution in [3.8, 4) is 0 Å². The highest BCUT2D eigenvalue weighted by Gasteiger charge is 2.29. The van der Waals surface area contributed by atoms with Gasteiger partial charge in [-0.25, -0.2) is 0 Å². The highest BCUT2D eigenvalue weighted by atomic mass is 35.5. The second-order valence-corrected chi connectivity index (χ2v) is 5.63. The Morgan fingerprint density at radius 1 is 1.40 bits per heavy atom. The largest absolute Gasteiger partial charge is 0.326 e. The van der Waals surface area contributed by atoms with Crippen LogP contribution in [0.15, 0.2) is 18.2 Å². The molecule has 0 spiro atoms. The first kappa shape index (κ1) is 9.64. The Balaban J connectivity index is 2.30. The summed E-state index contributed by atoms with van der Waals surface area (Å²) in [6, 6.07) is 6.14. The Kier molecular flexibility index (Phi) is 2.23. The minimum absolute atomic E-state index is 0.656. The number of rotatable bonds is 2. The molecule has 0 radical (unpaired) electrons. The Morgan fingerprint density at radius 2 is 2.20 bits per heavy atom. The fourth-order valence-electron chi connectivity index (χ4n) is 2.11. The number of hydrogen-bond donors (Lipinski definition) is 1. The van der Waals surface area contributed by atoms with E-state index in [1.54, 1.807) is 0 Å². The van der Waals surface area contributed by atoms with Crippen LogP contribution < -0.4 is 5.73 Å². The van der Waals surface area contributed by atoms with Crippen LogP contribution in [0.25, 0.3) is 10.1 Å². The Morgan fingerprint density at radius 3 is 2.87 bits per heavy atom. The van der Waals surface area contributed by atoms with Gasteiger partial charge in [-0.15, -0.1) is 11.3 Å². The van der Waals surface area contributed by atoms with E-state index >= 15 is 0 Å². The van der Waals surface area contributed by atoms with Crippen molar-refractivity contribution in [2.45, 2.75) is 25.3 Å². The molecule has 1 fully saturated rings. The van der Waals surface area contributed by atoms with Gasteiger partial charge in [-0.1, -0.05) is 11.6 Å². The fraction of sp³-hybridized carbons (Fsp3) is 0.333. The van der Waals surface area contributed by atoms with E-state index < -0.39 is 0 Å². The fourth-order valence-corrected chi connectivity index (χ4v) is 3.43. The molecule has 0 bridgehead atoms. The minimum atomic E-state index is 0.656. The average Bonchev–Trinajstić information content (AvgIpc) is 2.99. The molecule has 1 aromatic heterocycles. The summed E-state index contributed by atoms with van der Waals surface area (Å²) in [7, 11) is 0. The first-order chi connectivity index (χ1) is 7.29. The zero-order valence-electron chi connectivity index (χ0n) is 8.29. The molecule has 0 amide bonds. The van der Waals surface area contributed by atoms with Gasteiger partial charge in [-0.3, -0.25) is 0 Å². The number of benzene rings is 1. The smallest absolute Gasteiger partial charge is 0.0413 e. The van der Waals surface area contributed by atoms with Crippen molar-refractivity contribution >= 4 is 33.0 Å². The number of fused-ring (bicyclic) bond motifs is 1. The molecular formula is C12H12ClNS. The van der Waals surface area contributed by atoms with Crippen LogP contribution >= 0.6 is 22.9 Å². The third-order valence-electron chi connectivity index (χ3n) is 2.94. The summed E-state index contributed by atoms with van der Waals surface area (Å²) in [6.07, 6.45) is 2.62. The lowest BCUT2D eigenvalue weighted by Crippen LogP contribution is -1.96. The summed E-state index contributed by atoms with van der Waals surface area (Å²) < 4.78 is 1.32. The van der Waals surface area contributed by atoms with Gasteiger partial charge < -0.3 is 5.73 Å². The zero-order valence-corrected chi connectivity index (χ0v) is 9.87. The quantitative estimate of drug-likeness (QED) is 0.843. The highest BCUT2D eigenvalue weighted by Crippen LogP contribution is 2.48. The van der Waals surface area contributed by atoms with Gasteiger partial charge in [-0.05, 0) is 47.9 Å². The summed E-state index contributed by atoms with van der Waals surface area (Å²) in [4.78, 5) is 1.34. The monoisotopic (exact) mass is 237 g/mol. The molecule has 1 heterocycles. The van der Waals surface area contributed by atoms with E-state index in [4.69, 9.17) is 17.3 Å². The number of thiophene rings is 1. The van der Waals surface area contributed by atoms with Gasteiger partial charge in [0, 0.05) is 21.1 Å². The molecule has 0 unspecified atom stereocenters. The van der Waals surface area contributed by atoms with Crippen molar-refractivity contribution < 1.29 is 0 Å². The normalized spacial score (nSPS) is 16.1. The van der Waals surface area contributed by atoms with Crippen LogP contribution in [-0.4, -0.2) is 0 Å². The van der Waals surface area contributed by atoms with Gasteiger partial charge in [0.1, 0.15) is 0 Å². The Labute approximate surface area is 97.9 Å². The van der Waals surface area contributed by atoms with Crippen molar-refractivity contribution in [3.05, 3.63) is 33.7 Å². The number of nitrogens with two attached hydrogens (primary N) is 1. The van der Waals surface area contributed by atoms with Crippen molar-refractivity contribution in [1.29, 1.82) is 0 Å². The summed E-state index contributed by atoms with van der Waals surface area (Å²) in [5, 5.41) is 2.15. The Bertz CT molecular complexity index is 514. The molecule has 2 aromatic rings. The predicted molar refractivity (Wildman–Crippen MR) is 66.7 cm³/mol. The van der Waals surface area contributed by atoms with Crippen molar-refractivity contribution in [3.63, 3.8) is 0 Å². The molecule has 3 heteroatoms. The molecule has 15 heavy (non-hydrogen) atoms. The maximum absolute atomic E-state index is 6.04. The SMILES string of the molecule is NCc1sc2ccc(Cl)cc2c1C1CC1. The van der Waals surface area contributed by atoms with Crippen LogP contribution in [0.3, 0.4) is 0 Å². The molecule has 1 saturated carbocycles. The van der Waals surface area contributed by atoms with Gasteiger partial charge >= 0.3 is 0 Å². The van der Waals surface area contributed by atoms with E-state index in [1.807, 2.05) is 17.4 Å². The van der Waals surface area contributed by atoms with Gasteiger partial charge in [0.2, 0.25) is 0 Å². The lowest BCUT2D eigenvalue weighted by atomic mass is 10.1. The van der Waals surface area contributed by atoms with E-state index in [0.717, 1.165) is 10.9 Å². The molecule has 1 nitrogen and oxygen atoms in total. The van der Waals surface area contributed by atoms with Crippen molar-refractivity contribution in [1.82, 2.24) is 0 Å². The summed E-state index contributed by atoms with van der Waals surface area (Å²) in [6.45, 7) is 0.656. The van der Waals surface area contributed by atoms with Gasteiger partial charge in [0.15, 0.2) is 0 Å². The van der Waals surface area contributed by atoms with E-state index in [9.17, 15) is 0 Å². The molecule has 0 atom stereocenters. The summed E-state index contributed by atoms with van der Waals surface area (Å²) in [5.74, 6) is 0.746. The predicted octanol–water partition coefficient (Wildman–Crippen LogP) is 3.89. The zero-order chi connectivity index (χ0) is 10.4. The number of hydrogen-bond acceptors (Lipinski definition) is 2. The molecule has 0 saturated heterocycles. The Hall–Kier alpha value is -0.570. The van der Waals surface area contributed by atoms with Crippen LogP contribution in [0, 0.1) is 0 Å². The first-order valence-corrected chi connectivity index (χ1v) is 6.40. The van der Waals surface area contributed by atoms with Crippen LogP contribution in [0.2, 0.25) is 5.02 Å². The minimum Gasteiger partial charge on any atom is -0.326 e. The van der Waals surface area contributed by atoms with E-state index in [-0.39, 0.29) is 0 Å². The van der Waals surface area contributed by atoms with Crippen LogP contribution in [0.4, 0.5) is 0 Å². The average molecular weight is 238 g/mol. The molecule has 1 aliphatic carbocycles. The van der Waals surface area contributed by atoms with Crippen molar-refractivity contribution in [2.24, 2.45) is 5.73 Å². The highest BCUT2D eigenvalue weighted by molar-refractivity contribution is 7.19. The van der Waals surface area contributed by atoms with Crippen molar-refractivity contribution in [2.75, 3.05) is 0 Å². The molecule has 78 valence electrons. The van der Waals surface area contributed by atoms with Crippen LogP contribution in [0.5, 0.6) is 0 Å². The lowest BCUT2D eigenvalue weighted by molar-refractivity contribution is 1.04. The standard InChI is InChI=1S/C12H12ClNS/c13-8-3-4-10-9(5-8)12(7-1-2-7)11(6-14)15-10/h3-5,7H,1-2,6,14H2. The maximum atomic E-state index is 6.04. The van der Waals surface area contributed by atoms with E-state index in [1.165, 1.54) is 33.4 Å². The topological polar surface area (TPSA) is 26.0 Å². The lowest BCUT2D eigenvalue weighted by Gasteiger charge is -1.99. The summed E-state index contributed by atoms with van der Waals surface area (Å²) in [5.41, 5.74) is 7.27. The van der Waals surface area contributed by atoms with Gasteiger partial charge in [0.05, 0.1) is 0 Å². The molecular weight excluding hydrogens is 226 g/mol. The second kappa shape index (κ2) is 3.48. The van der Waals surface area contributed by atoms with E-state index in [0.29, 0.717) is 6.54 Å². The second-order valence-electron chi connectivity index (χ2n) is 4.06. The van der Waals surface area contributed by atoms with Gasteiger partial charge in [-0.2, -0.15) is 0 Å². The maximum Gasteiger partial charge on any atom is 0.0413 e. The number of halogens is 1. The third-order valence-corrected chi connectivity index (χ3v) is 4.38. The van der Waals surface area contributed by atoms with E-state index in [2.05, 4.69) is 12.1 Å². The van der Waals surface area contributed by atoms with Crippen LogP contribution in [-0.2, 0) is 6.54 Å². The molecule has 2 N–H and O–H groups in total.